The fourth-order valence-corrected chi connectivity index (χ4v) is 6.16. The Labute approximate surface area is 302 Å². The summed E-state index contributed by atoms with van der Waals surface area (Å²) in [5.74, 6) is 1.39. The summed E-state index contributed by atoms with van der Waals surface area (Å²) >= 11 is 0. The Balaban J connectivity index is 2.03. The van der Waals surface area contributed by atoms with Gasteiger partial charge in [-0.15, -0.1) is 0 Å². The van der Waals surface area contributed by atoms with Crippen LogP contribution in [0.3, 0.4) is 0 Å². The number of benzene rings is 2. The van der Waals surface area contributed by atoms with E-state index in [1.54, 1.807) is 0 Å². The number of carbonyl (C=O) groups is 2. The third-order valence-corrected chi connectivity index (χ3v) is 9.23. The van der Waals surface area contributed by atoms with Gasteiger partial charge in [0, 0.05) is 26.2 Å². The van der Waals surface area contributed by atoms with Crippen molar-refractivity contribution in [2.24, 2.45) is 22.9 Å². The molecule has 0 bridgehead atoms. The number of nitrogens with zero attached hydrogens (tertiary/aromatic N) is 2. The number of hydrogen-bond acceptors (Lipinski definition) is 8. The lowest BCUT2D eigenvalue weighted by Crippen LogP contribution is -2.45. The lowest BCUT2D eigenvalue weighted by Gasteiger charge is -2.26. The number of rotatable bonds is 30. The highest BCUT2D eigenvalue weighted by Crippen LogP contribution is 2.33. The van der Waals surface area contributed by atoms with Gasteiger partial charge in [-0.05, 0) is 87.4 Å². The first-order valence-corrected chi connectivity index (χ1v) is 19.6. The Hall–Kier alpha value is -2.92. The van der Waals surface area contributed by atoms with Crippen molar-refractivity contribution in [1.82, 2.24) is 9.80 Å². The van der Waals surface area contributed by atoms with Gasteiger partial charge in [-0.25, -0.2) is 0 Å². The monoisotopic (exact) mass is 699 g/mol. The topological polar surface area (TPSA) is 163 Å². The molecule has 2 atom stereocenters. The van der Waals surface area contributed by atoms with Crippen LogP contribution < -0.4 is 32.4 Å². The van der Waals surface area contributed by atoms with Crippen molar-refractivity contribution < 1.29 is 19.1 Å². The minimum atomic E-state index is -0.497. The molecule has 50 heavy (non-hydrogen) atoms. The summed E-state index contributed by atoms with van der Waals surface area (Å²) in [5.41, 5.74) is 23.9. The molecular weight excluding hydrogens is 628 g/mol. The summed E-state index contributed by atoms with van der Waals surface area (Å²) in [6.45, 7) is 9.10. The quantitative estimate of drug-likeness (QED) is 0.0711. The molecule has 2 amide bonds. The molecule has 0 saturated carbocycles. The van der Waals surface area contributed by atoms with Gasteiger partial charge in [0.2, 0.25) is 11.8 Å². The van der Waals surface area contributed by atoms with Crippen molar-refractivity contribution in [2.75, 3.05) is 52.5 Å². The van der Waals surface area contributed by atoms with Crippen LogP contribution in [0.25, 0.3) is 10.8 Å². The molecule has 2 aromatic rings. The Morgan fingerprint density at radius 2 is 0.980 bits per heavy atom. The van der Waals surface area contributed by atoms with E-state index in [1.807, 2.05) is 34.1 Å². The van der Waals surface area contributed by atoms with Crippen molar-refractivity contribution >= 4 is 22.6 Å². The fourth-order valence-electron chi connectivity index (χ4n) is 6.16. The van der Waals surface area contributed by atoms with Gasteiger partial charge in [0.25, 0.3) is 0 Å². The summed E-state index contributed by atoms with van der Waals surface area (Å²) < 4.78 is 12.7. The summed E-state index contributed by atoms with van der Waals surface area (Å²) in [7, 11) is 0. The molecule has 0 aromatic heterocycles. The van der Waals surface area contributed by atoms with Crippen molar-refractivity contribution in [1.29, 1.82) is 0 Å². The average Bonchev–Trinajstić information content (AvgIpc) is 3.12. The van der Waals surface area contributed by atoms with Crippen LogP contribution in [0, 0.1) is 0 Å². The number of nitrogens with two attached hydrogens (primary N) is 4. The van der Waals surface area contributed by atoms with Crippen molar-refractivity contribution in [3.05, 3.63) is 36.4 Å². The number of ether oxygens (including phenoxy) is 2. The summed E-state index contributed by atoms with van der Waals surface area (Å²) in [6.07, 6.45) is 14.9. The van der Waals surface area contributed by atoms with Crippen LogP contribution in [0.15, 0.2) is 36.4 Å². The van der Waals surface area contributed by atoms with Gasteiger partial charge >= 0.3 is 0 Å². The first kappa shape index (κ1) is 43.2. The van der Waals surface area contributed by atoms with E-state index in [0.717, 1.165) is 87.8 Å². The maximum atomic E-state index is 13.3. The number of unbranched alkanes of at least 4 members (excludes halogenated alkanes) is 8. The number of hydrogen-bond donors (Lipinski definition) is 4. The highest BCUT2D eigenvalue weighted by Gasteiger charge is 2.22. The van der Waals surface area contributed by atoms with E-state index in [2.05, 4.69) is 26.0 Å². The van der Waals surface area contributed by atoms with E-state index < -0.39 is 12.1 Å². The van der Waals surface area contributed by atoms with Crippen LogP contribution in [0.4, 0.5) is 0 Å². The molecule has 0 unspecified atom stereocenters. The molecular formula is C40H70N6O4. The Kier molecular flexibility index (Phi) is 23.2. The van der Waals surface area contributed by atoms with Gasteiger partial charge in [0.05, 0.1) is 25.3 Å². The van der Waals surface area contributed by atoms with Crippen molar-refractivity contribution in [2.45, 2.75) is 129 Å². The third-order valence-electron chi connectivity index (χ3n) is 9.23. The van der Waals surface area contributed by atoms with Gasteiger partial charge in [0.1, 0.15) is 0 Å². The second kappa shape index (κ2) is 26.8. The molecule has 0 spiro atoms. The molecule has 0 radical (unpaired) electrons. The van der Waals surface area contributed by atoms with Crippen LogP contribution >= 0.6 is 0 Å². The van der Waals surface area contributed by atoms with E-state index >= 15 is 0 Å². The molecule has 10 heteroatoms. The van der Waals surface area contributed by atoms with Crippen LogP contribution in [0.1, 0.15) is 117 Å². The Bertz CT molecular complexity index is 1110. The fraction of sp³-hybridized carbons (Fsp3) is 0.700. The molecule has 0 fully saturated rings. The molecule has 0 aliphatic rings. The largest absolute Gasteiger partial charge is 0.490 e. The van der Waals surface area contributed by atoms with Gasteiger partial charge in [-0.2, -0.15) is 0 Å². The van der Waals surface area contributed by atoms with Crippen molar-refractivity contribution in [3.63, 3.8) is 0 Å². The smallest absolute Gasteiger partial charge is 0.239 e. The molecule has 0 heterocycles. The summed E-state index contributed by atoms with van der Waals surface area (Å²) in [5, 5.41) is 2.14. The maximum Gasteiger partial charge on any atom is 0.239 e. The number of fused-ring (bicyclic) bond motifs is 1. The molecule has 8 N–H and O–H groups in total. The van der Waals surface area contributed by atoms with Gasteiger partial charge in [0.15, 0.2) is 11.5 Å². The molecule has 0 aliphatic heterocycles. The zero-order chi connectivity index (χ0) is 36.4. The first-order valence-electron chi connectivity index (χ1n) is 19.6. The minimum Gasteiger partial charge on any atom is -0.490 e. The average molecular weight is 699 g/mol. The second-order valence-electron chi connectivity index (χ2n) is 13.6. The lowest BCUT2D eigenvalue weighted by molar-refractivity contribution is -0.133. The zero-order valence-electron chi connectivity index (χ0n) is 31.4. The van der Waals surface area contributed by atoms with Crippen molar-refractivity contribution in [3.8, 4) is 11.5 Å². The normalized spacial score (nSPS) is 12.5. The van der Waals surface area contributed by atoms with Gasteiger partial charge < -0.3 is 42.2 Å². The molecule has 2 aromatic carbocycles. The zero-order valence-corrected chi connectivity index (χ0v) is 31.4. The molecule has 284 valence electrons. The molecule has 0 saturated heterocycles. The van der Waals surface area contributed by atoms with Crippen LogP contribution in [-0.2, 0) is 9.59 Å². The minimum absolute atomic E-state index is 0.0163. The van der Waals surface area contributed by atoms with Crippen LogP contribution in [0.5, 0.6) is 11.5 Å². The lowest BCUT2D eigenvalue weighted by atomic mass is 10.1. The highest BCUT2D eigenvalue weighted by atomic mass is 16.5. The predicted octanol–water partition coefficient (Wildman–Crippen LogP) is 6.11. The van der Waals surface area contributed by atoms with E-state index in [4.69, 9.17) is 32.4 Å². The van der Waals surface area contributed by atoms with E-state index in [0.29, 0.717) is 89.7 Å². The summed E-state index contributed by atoms with van der Waals surface area (Å²) in [4.78, 5) is 30.4. The standard InChI is InChI=1S/C40H70N6O4/c1-3-5-7-15-25-45(39(47)35(43)21-11-13-23-41)27-17-29-49-37-31-33-19-9-10-20-34(33)32-38(37)50-30-18-28-46(26-16-8-6-4-2)40(48)36(44)22-12-14-24-42/h9-10,19-20,31-32,35-36H,3-8,11-18,21-30,41-44H2,1-2H3/t35-,36-/m0/s1. The van der Waals surface area contributed by atoms with Gasteiger partial charge in [-0.1, -0.05) is 89.5 Å². The third kappa shape index (κ3) is 16.9. The predicted molar refractivity (Wildman–Crippen MR) is 207 cm³/mol. The first-order chi connectivity index (χ1) is 24.4. The second-order valence-corrected chi connectivity index (χ2v) is 13.6. The summed E-state index contributed by atoms with van der Waals surface area (Å²) in [6, 6.07) is 11.2. The number of carbonyl (C=O) groups excluding carboxylic acids is 2. The highest BCUT2D eigenvalue weighted by molar-refractivity contribution is 5.86. The van der Waals surface area contributed by atoms with E-state index in [-0.39, 0.29) is 11.8 Å². The molecule has 10 nitrogen and oxygen atoms in total. The van der Waals surface area contributed by atoms with E-state index in [9.17, 15) is 9.59 Å². The number of amides is 2. The van der Waals surface area contributed by atoms with Crippen LogP contribution in [-0.4, -0.2) is 86.2 Å². The van der Waals surface area contributed by atoms with Crippen LogP contribution in [0.2, 0.25) is 0 Å². The van der Waals surface area contributed by atoms with Gasteiger partial charge in [-0.3, -0.25) is 9.59 Å². The maximum absolute atomic E-state index is 13.3. The Morgan fingerprint density at radius 3 is 1.36 bits per heavy atom. The molecule has 0 aliphatic carbocycles. The SMILES string of the molecule is CCCCCCN(CCCOc1cc2ccccc2cc1OCCCN(CCCCCC)C(=O)[C@@H](N)CCCCN)C(=O)[C@@H](N)CCCCN. The molecule has 2 rings (SSSR count). The van der Waals surface area contributed by atoms with E-state index in [1.165, 1.54) is 0 Å². The Morgan fingerprint density at radius 1 is 0.580 bits per heavy atom.